The largest absolute Gasteiger partial charge is 0.317 e. The smallest absolute Gasteiger partial charge is 0.270 e. The fourth-order valence-corrected chi connectivity index (χ4v) is 3.87. The lowest BCUT2D eigenvalue weighted by Gasteiger charge is -2.30. The molecule has 0 unspecified atom stereocenters. The summed E-state index contributed by atoms with van der Waals surface area (Å²) >= 11 is 8.75. The van der Waals surface area contributed by atoms with Crippen molar-refractivity contribution in [3.63, 3.8) is 0 Å². The summed E-state index contributed by atoms with van der Waals surface area (Å²) in [6.45, 7) is 3.85. The summed E-state index contributed by atoms with van der Waals surface area (Å²) in [4.78, 5) is 27.3. The second kappa shape index (κ2) is 8.01. The zero-order chi connectivity index (χ0) is 21.4. The van der Waals surface area contributed by atoms with Crippen LogP contribution in [0.25, 0.3) is 11.8 Å². The minimum Gasteiger partial charge on any atom is -0.317 e. The molecular formula is C23H18BrN3O2S. The van der Waals surface area contributed by atoms with Crippen molar-refractivity contribution in [3.8, 4) is 5.69 Å². The molecule has 1 aromatic heterocycles. The van der Waals surface area contributed by atoms with Crippen LogP contribution in [0, 0.1) is 13.8 Å². The molecule has 1 fully saturated rings. The minimum absolute atomic E-state index is 0.0292. The quantitative estimate of drug-likeness (QED) is 0.336. The van der Waals surface area contributed by atoms with Crippen LogP contribution in [0.3, 0.4) is 0 Å². The third-order valence-corrected chi connectivity index (χ3v) is 5.70. The highest BCUT2D eigenvalue weighted by Crippen LogP contribution is 2.27. The maximum absolute atomic E-state index is 13.3. The van der Waals surface area contributed by atoms with E-state index >= 15 is 0 Å². The average Bonchev–Trinajstić information content (AvgIpc) is 3.16. The average molecular weight is 480 g/mol. The number of amides is 2. The summed E-state index contributed by atoms with van der Waals surface area (Å²) in [5.74, 6) is -0.948. The Hall–Kier alpha value is -3.03. The fourth-order valence-electron chi connectivity index (χ4n) is 3.33. The van der Waals surface area contributed by atoms with Crippen molar-refractivity contribution in [2.24, 2.45) is 0 Å². The summed E-state index contributed by atoms with van der Waals surface area (Å²) in [7, 11) is 0. The Bertz CT molecular complexity index is 1210. The summed E-state index contributed by atoms with van der Waals surface area (Å²) in [5, 5.41) is 2.73. The number of nitrogens with one attached hydrogen (secondary N) is 1. The van der Waals surface area contributed by atoms with Crippen LogP contribution < -0.4 is 10.2 Å². The second-order valence-electron chi connectivity index (χ2n) is 7.03. The van der Waals surface area contributed by atoms with Crippen molar-refractivity contribution >= 4 is 56.8 Å². The number of benzene rings is 2. The molecule has 1 saturated heterocycles. The monoisotopic (exact) mass is 479 g/mol. The van der Waals surface area contributed by atoms with E-state index in [4.69, 9.17) is 12.2 Å². The van der Waals surface area contributed by atoms with Crippen molar-refractivity contribution in [2.45, 2.75) is 13.8 Å². The van der Waals surface area contributed by atoms with E-state index in [-0.39, 0.29) is 10.7 Å². The lowest BCUT2D eigenvalue weighted by atomic mass is 10.1. The van der Waals surface area contributed by atoms with Crippen molar-refractivity contribution in [1.82, 2.24) is 9.88 Å². The molecule has 30 heavy (non-hydrogen) atoms. The standard InChI is InChI=1S/C23H18BrN3O2S/c1-14-5-6-15(2)20(12-14)27-22(29)19(21(28)25-23(27)30)13-18-4-3-11-26(18)17-9-7-16(24)8-10-17/h3-13H,1-2H3,(H,25,28,30)/b19-13+. The van der Waals surface area contributed by atoms with Gasteiger partial charge in [-0.15, -0.1) is 0 Å². The molecule has 1 aliphatic heterocycles. The zero-order valence-corrected chi connectivity index (χ0v) is 18.8. The predicted octanol–water partition coefficient (Wildman–Crippen LogP) is 4.69. The third-order valence-electron chi connectivity index (χ3n) is 4.88. The van der Waals surface area contributed by atoms with Crippen molar-refractivity contribution in [3.05, 3.63) is 87.7 Å². The van der Waals surface area contributed by atoms with Gasteiger partial charge < -0.3 is 4.57 Å². The van der Waals surface area contributed by atoms with Crippen LogP contribution in [0.2, 0.25) is 0 Å². The zero-order valence-electron chi connectivity index (χ0n) is 16.3. The van der Waals surface area contributed by atoms with E-state index in [0.29, 0.717) is 11.4 Å². The molecule has 1 aliphatic rings. The molecular weight excluding hydrogens is 462 g/mol. The molecule has 150 valence electrons. The topological polar surface area (TPSA) is 54.3 Å². The molecule has 2 heterocycles. The highest BCUT2D eigenvalue weighted by molar-refractivity contribution is 9.10. The highest BCUT2D eigenvalue weighted by atomic mass is 79.9. The molecule has 0 spiro atoms. The Balaban J connectivity index is 1.77. The Kier molecular flexibility index (Phi) is 5.40. The number of aryl methyl sites for hydroxylation is 2. The highest BCUT2D eigenvalue weighted by Gasteiger charge is 2.35. The number of carbonyl (C=O) groups excluding carboxylic acids is 2. The van der Waals surface area contributed by atoms with Crippen molar-refractivity contribution < 1.29 is 9.59 Å². The SMILES string of the molecule is Cc1ccc(C)c(N2C(=O)/C(=C/c3cccn3-c3ccc(Br)cc3)C(=O)NC2=S)c1. The first kappa shape index (κ1) is 20.3. The summed E-state index contributed by atoms with van der Waals surface area (Å²) in [6, 6.07) is 17.3. The number of hydrogen-bond acceptors (Lipinski definition) is 3. The normalized spacial score (nSPS) is 15.6. The molecule has 0 aliphatic carbocycles. The van der Waals surface area contributed by atoms with Crippen LogP contribution >= 0.6 is 28.1 Å². The number of halogens is 1. The van der Waals surface area contributed by atoms with E-state index in [1.54, 1.807) is 6.08 Å². The molecule has 2 aromatic carbocycles. The van der Waals surface area contributed by atoms with Gasteiger partial charge in [0, 0.05) is 22.1 Å². The first-order chi connectivity index (χ1) is 14.3. The summed E-state index contributed by atoms with van der Waals surface area (Å²) < 4.78 is 2.88. The summed E-state index contributed by atoms with van der Waals surface area (Å²) in [5.41, 5.74) is 4.22. The number of carbonyl (C=O) groups is 2. The lowest BCUT2D eigenvalue weighted by Crippen LogP contribution is -2.54. The van der Waals surface area contributed by atoms with E-state index in [2.05, 4.69) is 21.2 Å². The van der Waals surface area contributed by atoms with Crippen molar-refractivity contribution in [1.29, 1.82) is 0 Å². The Labute approximate surface area is 188 Å². The maximum Gasteiger partial charge on any atom is 0.270 e. The van der Waals surface area contributed by atoms with Gasteiger partial charge in [-0.25, -0.2) is 0 Å². The molecule has 4 rings (SSSR count). The van der Waals surface area contributed by atoms with Gasteiger partial charge in [-0.3, -0.25) is 19.8 Å². The molecule has 0 radical (unpaired) electrons. The van der Waals surface area contributed by atoms with Crippen LogP contribution in [0.4, 0.5) is 5.69 Å². The lowest BCUT2D eigenvalue weighted by molar-refractivity contribution is -0.122. The van der Waals surface area contributed by atoms with E-state index in [9.17, 15) is 9.59 Å². The summed E-state index contributed by atoms with van der Waals surface area (Å²) in [6.07, 6.45) is 3.48. The van der Waals surface area contributed by atoms with Gasteiger partial charge >= 0.3 is 0 Å². The number of rotatable bonds is 3. The van der Waals surface area contributed by atoms with Gasteiger partial charge in [-0.05, 0) is 85.7 Å². The number of hydrogen-bond donors (Lipinski definition) is 1. The van der Waals surface area contributed by atoms with Gasteiger partial charge in [-0.1, -0.05) is 28.1 Å². The second-order valence-corrected chi connectivity index (χ2v) is 8.33. The van der Waals surface area contributed by atoms with Crippen LogP contribution in [0.15, 0.2) is 70.8 Å². The molecule has 2 amide bonds. The van der Waals surface area contributed by atoms with Crippen LogP contribution in [0.5, 0.6) is 0 Å². The third kappa shape index (κ3) is 3.74. The number of thiocarbonyl (C=S) groups is 1. The maximum atomic E-state index is 13.3. The molecule has 0 bridgehead atoms. The van der Waals surface area contributed by atoms with Gasteiger partial charge in [0.15, 0.2) is 5.11 Å². The Morgan fingerprint density at radius 1 is 1.03 bits per heavy atom. The van der Waals surface area contributed by atoms with Crippen molar-refractivity contribution in [2.75, 3.05) is 4.90 Å². The van der Waals surface area contributed by atoms with E-state index in [1.165, 1.54) is 4.90 Å². The fraction of sp³-hybridized carbons (Fsp3) is 0.0870. The first-order valence-electron chi connectivity index (χ1n) is 9.27. The number of aromatic nitrogens is 1. The van der Waals surface area contributed by atoms with E-state index in [0.717, 1.165) is 21.3 Å². The van der Waals surface area contributed by atoms with Gasteiger partial charge in [-0.2, -0.15) is 0 Å². The van der Waals surface area contributed by atoms with Gasteiger partial charge in [0.05, 0.1) is 5.69 Å². The molecule has 7 heteroatoms. The number of nitrogens with zero attached hydrogens (tertiary/aromatic N) is 2. The first-order valence-corrected chi connectivity index (χ1v) is 10.5. The van der Waals surface area contributed by atoms with E-state index in [1.807, 2.05) is 79.2 Å². The van der Waals surface area contributed by atoms with Crippen LogP contribution in [-0.4, -0.2) is 21.5 Å². The van der Waals surface area contributed by atoms with E-state index < -0.39 is 11.8 Å². The van der Waals surface area contributed by atoms with Gasteiger partial charge in [0.25, 0.3) is 11.8 Å². The van der Waals surface area contributed by atoms with Gasteiger partial charge in [0.1, 0.15) is 5.57 Å². The number of anilines is 1. The van der Waals surface area contributed by atoms with Crippen LogP contribution in [-0.2, 0) is 9.59 Å². The van der Waals surface area contributed by atoms with Gasteiger partial charge in [0.2, 0.25) is 0 Å². The molecule has 0 saturated carbocycles. The molecule has 5 nitrogen and oxygen atoms in total. The molecule has 1 N–H and O–H groups in total. The predicted molar refractivity (Wildman–Crippen MR) is 126 cm³/mol. The van der Waals surface area contributed by atoms with Crippen LogP contribution in [0.1, 0.15) is 16.8 Å². The molecule has 3 aromatic rings. The minimum atomic E-state index is -0.505. The molecule has 0 atom stereocenters. The Morgan fingerprint density at radius 3 is 2.50 bits per heavy atom. The Morgan fingerprint density at radius 2 is 1.77 bits per heavy atom.